The SMILES string of the molecule is [N-]=[N+]=NCCC=Cc1cccc2cnccc12. The number of benzene rings is 1. The lowest BCUT2D eigenvalue weighted by atomic mass is 10.1. The van der Waals surface area contributed by atoms with Crippen molar-refractivity contribution in [1.82, 2.24) is 4.98 Å². The quantitative estimate of drug-likeness (QED) is 0.335. The molecule has 1 aromatic carbocycles. The number of azide groups is 1. The van der Waals surface area contributed by atoms with E-state index >= 15 is 0 Å². The van der Waals surface area contributed by atoms with E-state index in [2.05, 4.69) is 27.2 Å². The lowest BCUT2D eigenvalue weighted by Gasteiger charge is -2.00. The topological polar surface area (TPSA) is 61.7 Å². The third-order valence-corrected chi connectivity index (χ3v) is 2.47. The van der Waals surface area contributed by atoms with Crippen LogP contribution in [0.3, 0.4) is 0 Å². The van der Waals surface area contributed by atoms with Gasteiger partial charge in [0.05, 0.1) is 0 Å². The van der Waals surface area contributed by atoms with Crippen molar-refractivity contribution in [3.05, 3.63) is 58.7 Å². The summed E-state index contributed by atoms with van der Waals surface area (Å²) in [6.07, 6.45) is 8.47. The molecule has 0 radical (unpaired) electrons. The van der Waals surface area contributed by atoms with Crippen molar-refractivity contribution in [1.29, 1.82) is 0 Å². The number of aromatic nitrogens is 1. The van der Waals surface area contributed by atoms with Crippen LogP contribution in [0.25, 0.3) is 27.3 Å². The Morgan fingerprint density at radius 1 is 1.35 bits per heavy atom. The second-order valence-electron chi connectivity index (χ2n) is 3.59. The molecule has 0 N–H and O–H groups in total. The highest BCUT2D eigenvalue weighted by molar-refractivity contribution is 5.89. The van der Waals surface area contributed by atoms with E-state index in [1.54, 1.807) is 6.20 Å². The van der Waals surface area contributed by atoms with Gasteiger partial charge in [-0.1, -0.05) is 35.5 Å². The Morgan fingerprint density at radius 2 is 2.29 bits per heavy atom. The third-order valence-electron chi connectivity index (χ3n) is 2.47. The van der Waals surface area contributed by atoms with Gasteiger partial charge in [-0.25, -0.2) is 0 Å². The molecule has 0 saturated heterocycles. The van der Waals surface area contributed by atoms with Gasteiger partial charge in [0, 0.05) is 29.2 Å². The van der Waals surface area contributed by atoms with Crippen LogP contribution in [0.2, 0.25) is 0 Å². The van der Waals surface area contributed by atoms with Crippen LogP contribution in [0, 0.1) is 0 Å². The highest BCUT2D eigenvalue weighted by Crippen LogP contribution is 2.18. The Labute approximate surface area is 99.2 Å². The predicted molar refractivity (Wildman–Crippen MR) is 69.4 cm³/mol. The summed E-state index contributed by atoms with van der Waals surface area (Å²) in [5, 5.41) is 5.80. The normalized spacial score (nSPS) is 10.6. The molecule has 0 aliphatic rings. The van der Waals surface area contributed by atoms with Gasteiger partial charge in [0.15, 0.2) is 0 Å². The second kappa shape index (κ2) is 5.68. The van der Waals surface area contributed by atoms with Gasteiger partial charge < -0.3 is 0 Å². The average molecular weight is 224 g/mol. The van der Waals surface area contributed by atoms with Crippen LogP contribution >= 0.6 is 0 Å². The highest BCUT2D eigenvalue weighted by atomic mass is 15.1. The van der Waals surface area contributed by atoms with Gasteiger partial charge in [-0.2, -0.15) is 0 Å². The largest absolute Gasteiger partial charge is 0.264 e. The van der Waals surface area contributed by atoms with E-state index in [9.17, 15) is 0 Å². The van der Waals surface area contributed by atoms with E-state index < -0.39 is 0 Å². The summed E-state index contributed by atoms with van der Waals surface area (Å²) in [5.74, 6) is 0. The molecule has 0 spiro atoms. The summed E-state index contributed by atoms with van der Waals surface area (Å²) < 4.78 is 0. The van der Waals surface area contributed by atoms with Gasteiger partial charge in [0.2, 0.25) is 0 Å². The van der Waals surface area contributed by atoms with E-state index in [-0.39, 0.29) is 0 Å². The monoisotopic (exact) mass is 224 g/mol. The standard InChI is InChI=1S/C13H12N4/c14-17-16-8-2-1-4-11-5-3-6-12-10-15-9-7-13(11)12/h1,3-7,9-10H,2,8H2. The molecule has 0 fully saturated rings. The number of nitrogens with zero attached hydrogens (tertiary/aromatic N) is 4. The van der Waals surface area contributed by atoms with Gasteiger partial charge in [-0.3, -0.25) is 4.98 Å². The maximum atomic E-state index is 8.15. The van der Waals surface area contributed by atoms with Crippen molar-refractivity contribution in [2.45, 2.75) is 6.42 Å². The van der Waals surface area contributed by atoms with Crippen molar-refractivity contribution < 1.29 is 0 Å². The number of hydrogen-bond acceptors (Lipinski definition) is 2. The van der Waals surface area contributed by atoms with Gasteiger partial charge in [0.25, 0.3) is 0 Å². The Balaban J connectivity index is 2.21. The van der Waals surface area contributed by atoms with Gasteiger partial charge in [-0.15, -0.1) is 0 Å². The molecule has 0 saturated carbocycles. The molecule has 17 heavy (non-hydrogen) atoms. The third kappa shape index (κ3) is 2.83. The minimum Gasteiger partial charge on any atom is -0.264 e. The first-order chi connectivity index (χ1) is 8.42. The maximum absolute atomic E-state index is 8.15. The fourth-order valence-electron chi connectivity index (χ4n) is 1.68. The summed E-state index contributed by atoms with van der Waals surface area (Å²) in [4.78, 5) is 6.81. The molecule has 0 unspecified atom stereocenters. The van der Waals surface area contributed by atoms with Crippen molar-refractivity contribution in [3.8, 4) is 0 Å². The molecule has 4 nitrogen and oxygen atoms in total. The summed E-state index contributed by atoms with van der Waals surface area (Å²) >= 11 is 0. The Morgan fingerprint density at radius 3 is 3.18 bits per heavy atom. The summed E-state index contributed by atoms with van der Waals surface area (Å²) in [6, 6.07) is 8.12. The average Bonchev–Trinajstić information content (AvgIpc) is 2.39. The number of fused-ring (bicyclic) bond motifs is 1. The molecular formula is C13H12N4. The van der Waals surface area contributed by atoms with Crippen LogP contribution in [-0.2, 0) is 0 Å². The molecule has 4 heteroatoms. The first kappa shape index (κ1) is 11.2. The predicted octanol–water partition coefficient (Wildman–Crippen LogP) is 3.95. The fraction of sp³-hybridized carbons (Fsp3) is 0.154. The molecule has 2 rings (SSSR count). The molecule has 2 aromatic rings. The highest BCUT2D eigenvalue weighted by Gasteiger charge is 1.95. The van der Waals surface area contributed by atoms with Crippen molar-refractivity contribution in [3.63, 3.8) is 0 Å². The number of pyridine rings is 1. The molecule has 0 aliphatic heterocycles. The Kier molecular flexibility index (Phi) is 3.73. The maximum Gasteiger partial charge on any atom is 0.0346 e. The zero-order chi connectivity index (χ0) is 11.9. The molecular weight excluding hydrogens is 212 g/mol. The molecule has 0 bridgehead atoms. The van der Waals surface area contributed by atoms with Crippen LogP contribution in [0.15, 0.2) is 47.8 Å². The van der Waals surface area contributed by atoms with Crippen LogP contribution in [-0.4, -0.2) is 11.5 Å². The van der Waals surface area contributed by atoms with Crippen molar-refractivity contribution in [2.24, 2.45) is 5.11 Å². The molecule has 1 heterocycles. The van der Waals surface area contributed by atoms with Crippen molar-refractivity contribution in [2.75, 3.05) is 6.54 Å². The smallest absolute Gasteiger partial charge is 0.0346 e. The van der Waals surface area contributed by atoms with Crippen LogP contribution in [0.1, 0.15) is 12.0 Å². The number of rotatable bonds is 4. The lowest BCUT2D eigenvalue weighted by molar-refractivity contribution is 0.996. The minimum atomic E-state index is 0.499. The second-order valence-corrected chi connectivity index (χ2v) is 3.59. The van der Waals surface area contributed by atoms with Crippen LogP contribution in [0.5, 0.6) is 0 Å². The molecule has 84 valence electrons. The lowest BCUT2D eigenvalue weighted by Crippen LogP contribution is -1.80. The summed E-state index contributed by atoms with van der Waals surface area (Å²) in [6.45, 7) is 0.499. The van der Waals surface area contributed by atoms with Crippen molar-refractivity contribution >= 4 is 16.8 Å². The van der Waals surface area contributed by atoms with E-state index in [1.165, 1.54) is 5.39 Å². The zero-order valence-electron chi connectivity index (χ0n) is 9.32. The zero-order valence-corrected chi connectivity index (χ0v) is 9.32. The molecule has 0 aliphatic carbocycles. The van der Waals surface area contributed by atoms with Gasteiger partial charge in [-0.05, 0) is 29.0 Å². The number of hydrogen-bond donors (Lipinski definition) is 0. The summed E-state index contributed by atoms with van der Waals surface area (Å²) in [5.41, 5.74) is 9.31. The van der Waals surface area contributed by atoms with Crippen LogP contribution in [0.4, 0.5) is 0 Å². The minimum absolute atomic E-state index is 0.499. The van der Waals surface area contributed by atoms with E-state index in [1.807, 2.05) is 30.5 Å². The van der Waals surface area contributed by atoms with Crippen LogP contribution < -0.4 is 0 Å². The Hall–Kier alpha value is -2.32. The first-order valence-corrected chi connectivity index (χ1v) is 5.42. The molecule has 0 atom stereocenters. The van der Waals surface area contributed by atoms with E-state index in [4.69, 9.17) is 5.53 Å². The molecule has 1 aromatic heterocycles. The fourth-order valence-corrected chi connectivity index (χ4v) is 1.68. The van der Waals surface area contributed by atoms with Gasteiger partial charge >= 0.3 is 0 Å². The molecule has 0 amide bonds. The van der Waals surface area contributed by atoms with Gasteiger partial charge in [0.1, 0.15) is 0 Å². The first-order valence-electron chi connectivity index (χ1n) is 5.42. The van der Waals surface area contributed by atoms with E-state index in [0.29, 0.717) is 6.54 Å². The van der Waals surface area contributed by atoms with E-state index in [0.717, 1.165) is 17.4 Å². The summed E-state index contributed by atoms with van der Waals surface area (Å²) in [7, 11) is 0. The Bertz CT molecular complexity index is 577.